The number of carbonyl (C=O) groups is 2. The molecule has 2 aliphatic heterocycles. The number of piperidine rings is 1. The molecule has 9 heteroatoms. The van der Waals surface area contributed by atoms with E-state index in [-0.39, 0.29) is 24.3 Å². The van der Waals surface area contributed by atoms with Crippen LogP contribution >= 0.6 is 0 Å². The topological polar surface area (TPSA) is 65.5 Å². The van der Waals surface area contributed by atoms with Gasteiger partial charge in [0.2, 0.25) is 11.8 Å². The molecule has 2 aliphatic rings. The Kier molecular flexibility index (Phi) is 6.34. The van der Waals surface area contributed by atoms with Crippen molar-refractivity contribution in [1.29, 1.82) is 0 Å². The molecule has 2 amide bonds. The van der Waals surface area contributed by atoms with Crippen LogP contribution in [0.15, 0.2) is 42.7 Å². The summed E-state index contributed by atoms with van der Waals surface area (Å²) in [7, 11) is 0. The van der Waals surface area contributed by atoms with E-state index in [1.54, 1.807) is 9.80 Å². The average molecular weight is 446 g/mol. The maximum atomic E-state index is 12.9. The molecule has 1 aromatic carbocycles. The zero-order valence-electron chi connectivity index (χ0n) is 17.6. The molecule has 4 rings (SSSR count). The number of nitrogens with zero attached hydrogens (tertiary/aromatic N) is 3. The van der Waals surface area contributed by atoms with Crippen molar-refractivity contribution < 1.29 is 22.8 Å². The molecule has 32 heavy (non-hydrogen) atoms. The fourth-order valence-electron chi connectivity index (χ4n) is 4.21. The number of benzene rings is 1. The highest BCUT2D eigenvalue weighted by Crippen LogP contribution is 2.31. The lowest BCUT2D eigenvalue weighted by molar-refractivity contribution is -0.137. The molecule has 0 radical (unpaired) electrons. The number of rotatable bonds is 5. The molecule has 170 valence electrons. The largest absolute Gasteiger partial charge is 0.417 e. The number of hydrogen-bond acceptors (Lipinski definition) is 4. The van der Waals surface area contributed by atoms with Crippen LogP contribution in [0.25, 0.3) is 0 Å². The molecule has 0 bridgehead atoms. The van der Waals surface area contributed by atoms with Crippen molar-refractivity contribution in [2.24, 2.45) is 0 Å². The van der Waals surface area contributed by atoms with Gasteiger partial charge >= 0.3 is 6.18 Å². The standard InChI is InChI=1S/C23H25F3N4O2/c24-23(25,26)17-12-20(14-27-13-17)29-10-8-18(15-29)28-21(31)11-16-4-6-19(7-5-16)30-9-2-1-3-22(30)32/h4-7,12-14,18H,1-3,8-11,15H2,(H,28,31)/t18-/m1/s1. The molecule has 2 fully saturated rings. The smallest absolute Gasteiger partial charge is 0.368 e. The van der Waals surface area contributed by atoms with Gasteiger partial charge in [0.25, 0.3) is 0 Å². The lowest BCUT2D eigenvalue weighted by atomic mass is 10.1. The first-order valence-corrected chi connectivity index (χ1v) is 10.8. The molecule has 1 atom stereocenters. The van der Waals surface area contributed by atoms with Crippen LogP contribution in [0.2, 0.25) is 0 Å². The highest BCUT2D eigenvalue weighted by Gasteiger charge is 2.32. The van der Waals surface area contributed by atoms with E-state index in [4.69, 9.17) is 0 Å². The number of anilines is 2. The van der Waals surface area contributed by atoms with E-state index in [9.17, 15) is 22.8 Å². The number of halogens is 3. The van der Waals surface area contributed by atoms with Gasteiger partial charge in [-0.25, -0.2) is 0 Å². The van der Waals surface area contributed by atoms with Crippen molar-refractivity contribution in [3.8, 4) is 0 Å². The maximum Gasteiger partial charge on any atom is 0.417 e. The molecule has 0 saturated carbocycles. The molecule has 0 unspecified atom stereocenters. The lowest BCUT2D eigenvalue weighted by Crippen LogP contribution is -2.38. The normalized spacial score (nSPS) is 19.3. The van der Waals surface area contributed by atoms with Crippen LogP contribution in [0.1, 0.15) is 36.8 Å². The van der Waals surface area contributed by atoms with E-state index in [0.717, 1.165) is 42.9 Å². The minimum absolute atomic E-state index is 0.128. The summed E-state index contributed by atoms with van der Waals surface area (Å²) in [6.45, 7) is 1.70. The Bertz CT molecular complexity index is 978. The van der Waals surface area contributed by atoms with E-state index < -0.39 is 11.7 Å². The lowest BCUT2D eigenvalue weighted by Gasteiger charge is -2.26. The fraction of sp³-hybridized carbons (Fsp3) is 0.435. The average Bonchev–Trinajstić information content (AvgIpc) is 3.23. The maximum absolute atomic E-state index is 12.9. The second-order valence-corrected chi connectivity index (χ2v) is 8.27. The first kappa shape index (κ1) is 22.1. The van der Waals surface area contributed by atoms with Crippen molar-refractivity contribution in [2.45, 2.75) is 44.3 Å². The predicted molar refractivity (Wildman–Crippen MR) is 114 cm³/mol. The zero-order chi connectivity index (χ0) is 22.7. The van der Waals surface area contributed by atoms with Crippen LogP contribution in [0.5, 0.6) is 0 Å². The second-order valence-electron chi connectivity index (χ2n) is 8.27. The molecular formula is C23H25F3N4O2. The molecule has 2 saturated heterocycles. The Labute approximate surface area is 184 Å². The third-order valence-electron chi connectivity index (χ3n) is 5.91. The number of nitrogens with one attached hydrogen (secondary N) is 1. The van der Waals surface area contributed by atoms with Gasteiger partial charge in [-0.05, 0) is 43.0 Å². The number of alkyl halides is 3. The Morgan fingerprint density at radius 2 is 1.88 bits per heavy atom. The van der Waals surface area contributed by atoms with Crippen LogP contribution < -0.4 is 15.1 Å². The third-order valence-corrected chi connectivity index (χ3v) is 5.91. The number of carbonyl (C=O) groups excluding carboxylic acids is 2. The predicted octanol–water partition coefficient (Wildman–Crippen LogP) is 3.55. The summed E-state index contributed by atoms with van der Waals surface area (Å²) in [6.07, 6.45) is 1.13. The van der Waals surface area contributed by atoms with Gasteiger partial charge in [-0.2, -0.15) is 13.2 Å². The van der Waals surface area contributed by atoms with Crippen molar-refractivity contribution in [3.63, 3.8) is 0 Å². The Morgan fingerprint density at radius 3 is 2.59 bits per heavy atom. The van der Waals surface area contributed by atoms with Gasteiger partial charge in [-0.1, -0.05) is 12.1 Å². The van der Waals surface area contributed by atoms with E-state index in [1.807, 2.05) is 24.3 Å². The van der Waals surface area contributed by atoms with E-state index in [2.05, 4.69) is 10.3 Å². The number of aromatic nitrogens is 1. The number of pyridine rings is 1. The van der Waals surface area contributed by atoms with Gasteiger partial charge < -0.3 is 15.1 Å². The molecule has 0 spiro atoms. The molecule has 6 nitrogen and oxygen atoms in total. The van der Waals surface area contributed by atoms with E-state index >= 15 is 0 Å². The minimum atomic E-state index is -4.44. The van der Waals surface area contributed by atoms with Crippen LogP contribution in [0.3, 0.4) is 0 Å². The summed E-state index contributed by atoms with van der Waals surface area (Å²) in [5.41, 5.74) is 1.31. The number of hydrogen-bond donors (Lipinski definition) is 1. The summed E-state index contributed by atoms with van der Waals surface area (Å²) >= 11 is 0. The minimum Gasteiger partial charge on any atom is -0.368 e. The molecule has 0 aliphatic carbocycles. The fourth-order valence-corrected chi connectivity index (χ4v) is 4.21. The van der Waals surface area contributed by atoms with Gasteiger partial charge in [0, 0.05) is 44.0 Å². The Hall–Kier alpha value is -3.10. The summed E-state index contributed by atoms with van der Waals surface area (Å²) in [5, 5.41) is 2.97. The summed E-state index contributed by atoms with van der Waals surface area (Å²) in [5.74, 6) is -0.00989. The van der Waals surface area contributed by atoms with Gasteiger partial charge in [-0.15, -0.1) is 0 Å². The molecule has 2 aromatic rings. The van der Waals surface area contributed by atoms with Crippen molar-refractivity contribution in [1.82, 2.24) is 10.3 Å². The molecule has 1 N–H and O–H groups in total. The summed E-state index contributed by atoms with van der Waals surface area (Å²) in [4.78, 5) is 31.8. The van der Waals surface area contributed by atoms with E-state index in [1.165, 1.54) is 6.20 Å². The highest BCUT2D eigenvalue weighted by atomic mass is 19.4. The van der Waals surface area contributed by atoms with E-state index in [0.29, 0.717) is 31.6 Å². The van der Waals surface area contributed by atoms with Crippen molar-refractivity contribution in [2.75, 3.05) is 29.4 Å². The van der Waals surface area contributed by atoms with Gasteiger partial charge in [0.15, 0.2) is 0 Å². The SMILES string of the molecule is O=C(Cc1ccc(N2CCCCC2=O)cc1)N[C@@H]1CCN(c2cncc(C(F)(F)F)c2)C1. The first-order chi connectivity index (χ1) is 15.3. The van der Waals surface area contributed by atoms with Gasteiger partial charge in [0.05, 0.1) is 23.9 Å². The van der Waals surface area contributed by atoms with Crippen molar-refractivity contribution >= 4 is 23.2 Å². The monoisotopic (exact) mass is 446 g/mol. The second kappa shape index (κ2) is 9.18. The quantitative estimate of drug-likeness (QED) is 0.763. The highest BCUT2D eigenvalue weighted by molar-refractivity contribution is 5.94. The van der Waals surface area contributed by atoms with Crippen LogP contribution in [0, 0.1) is 0 Å². The van der Waals surface area contributed by atoms with Crippen LogP contribution in [-0.2, 0) is 22.2 Å². The molecule has 1 aromatic heterocycles. The third kappa shape index (κ3) is 5.20. The number of amides is 2. The molecule has 3 heterocycles. The van der Waals surface area contributed by atoms with Crippen molar-refractivity contribution in [3.05, 3.63) is 53.9 Å². The Balaban J connectivity index is 1.30. The molecular weight excluding hydrogens is 421 g/mol. The van der Waals surface area contributed by atoms with Crippen LogP contribution in [-0.4, -0.2) is 42.5 Å². The zero-order valence-corrected chi connectivity index (χ0v) is 17.6. The summed E-state index contributed by atoms with van der Waals surface area (Å²) in [6, 6.07) is 8.39. The van der Waals surface area contributed by atoms with Crippen LogP contribution in [0.4, 0.5) is 24.5 Å². The first-order valence-electron chi connectivity index (χ1n) is 10.8. The van der Waals surface area contributed by atoms with Gasteiger partial charge in [-0.3, -0.25) is 14.6 Å². The van der Waals surface area contributed by atoms with Gasteiger partial charge in [0.1, 0.15) is 0 Å². The Morgan fingerprint density at radius 1 is 1.09 bits per heavy atom. The summed E-state index contributed by atoms with van der Waals surface area (Å²) < 4.78 is 38.8.